The van der Waals surface area contributed by atoms with Crippen LogP contribution in [0.3, 0.4) is 0 Å². The van der Waals surface area contributed by atoms with Crippen molar-refractivity contribution in [3.8, 4) is 0 Å². The number of rotatable bonds is 9. The van der Waals surface area contributed by atoms with Gasteiger partial charge in [0.05, 0.1) is 0 Å². The topological polar surface area (TPSA) is 88.5 Å². The molecule has 0 bridgehead atoms. The lowest BCUT2D eigenvalue weighted by atomic mass is 10.0. The van der Waals surface area contributed by atoms with Crippen molar-refractivity contribution in [2.24, 2.45) is 0 Å². The van der Waals surface area contributed by atoms with E-state index in [-0.39, 0.29) is 18.7 Å². The van der Waals surface area contributed by atoms with Crippen molar-refractivity contribution in [3.05, 3.63) is 68.8 Å². The molecule has 5 nitrogen and oxygen atoms in total. The molecule has 0 saturated heterocycles. The number of hydrogen-bond donors (Lipinski definition) is 1. The molecule has 0 fully saturated rings. The Kier molecular flexibility index (Phi) is 8.50. The maximum Gasteiger partial charge on any atom is 0.229 e. The van der Waals surface area contributed by atoms with Crippen molar-refractivity contribution in [1.82, 2.24) is 0 Å². The number of aryl methyl sites for hydroxylation is 6. The minimum Gasteiger partial charge on any atom is -0.344 e. The first-order valence-electron chi connectivity index (χ1n) is 11.3. The minimum atomic E-state index is -4.13. The summed E-state index contributed by atoms with van der Waals surface area (Å²) in [5, 5.41) is 0. The summed E-state index contributed by atoms with van der Waals surface area (Å²) in [5.74, 6) is 0. The van der Waals surface area contributed by atoms with Crippen LogP contribution >= 0.6 is 14.5 Å². The Morgan fingerprint density at radius 1 is 0.788 bits per heavy atom. The predicted molar refractivity (Wildman–Crippen MR) is 137 cm³/mol. The minimum absolute atomic E-state index is 0.0598. The lowest BCUT2D eigenvalue weighted by molar-refractivity contribution is 0.103. The molecule has 0 aliphatic carbocycles. The van der Waals surface area contributed by atoms with Crippen LogP contribution in [0.1, 0.15) is 74.4 Å². The summed E-state index contributed by atoms with van der Waals surface area (Å²) < 4.78 is 26.9. The van der Waals surface area contributed by atoms with Crippen LogP contribution in [0.4, 0.5) is 0 Å². The van der Waals surface area contributed by atoms with E-state index in [9.17, 15) is 23.6 Å². The van der Waals surface area contributed by atoms with Crippen molar-refractivity contribution >= 4 is 25.6 Å². The van der Waals surface area contributed by atoms with Gasteiger partial charge < -0.3 is 9.46 Å². The molecule has 7 heteroatoms. The van der Waals surface area contributed by atoms with Gasteiger partial charge in [-0.05, 0) is 70.2 Å². The van der Waals surface area contributed by atoms with Crippen molar-refractivity contribution in [3.63, 3.8) is 0 Å². The molecule has 2 aromatic carbocycles. The molecule has 2 aromatic rings. The molecule has 33 heavy (non-hydrogen) atoms. The molecule has 2 atom stereocenters. The van der Waals surface area contributed by atoms with Crippen LogP contribution in [0.15, 0.2) is 24.3 Å². The lowest BCUT2D eigenvalue weighted by Crippen LogP contribution is -2.19. The van der Waals surface area contributed by atoms with Crippen LogP contribution in [0, 0.1) is 41.5 Å². The van der Waals surface area contributed by atoms with E-state index in [2.05, 4.69) is 0 Å². The molecule has 0 aliphatic rings. The zero-order valence-electron chi connectivity index (χ0n) is 21.0. The fourth-order valence-corrected chi connectivity index (χ4v) is 8.70. The van der Waals surface area contributed by atoms with Gasteiger partial charge in [-0.25, -0.2) is 0 Å². The highest BCUT2D eigenvalue weighted by atomic mass is 31.2. The maximum absolute atomic E-state index is 14.4. The fraction of sp³-hybridized carbons (Fsp3) is 0.462. The number of carbonyl (C=O) groups is 2. The van der Waals surface area contributed by atoms with Gasteiger partial charge in [0.15, 0.2) is 0 Å². The van der Waals surface area contributed by atoms with Gasteiger partial charge in [0.1, 0.15) is 0 Å². The summed E-state index contributed by atoms with van der Waals surface area (Å²) in [6.07, 6.45) is -0.0765. The molecule has 0 saturated carbocycles. The van der Waals surface area contributed by atoms with E-state index in [1.165, 1.54) is 0 Å². The molecule has 1 N–H and O–H groups in total. The van der Waals surface area contributed by atoms with E-state index in [0.29, 0.717) is 33.4 Å². The summed E-state index contributed by atoms with van der Waals surface area (Å²) in [7, 11) is -7.58. The average molecular weight is 491 g/mol. The molecule has 0 heterocycles. The van der Waals surface area contributed by atoms with Gasteiger partial charge in [-0.3, -0.25) is 14.2 Å². The zero-order chi connectivity index (χ0) is 25.3. The molecule has 0 amide bonds. The van der Waals surface area contributed by atoms with Gasteiger partial charge in [0.25, 0.3) is 0 Å². The Morgan fingerprint density at radius 2 is 1.12 bits per heavy atom. The highest BCUT2D eigenvalue weighted by Gasteiger charge is 2.43. The summed E-state index contributed by atoms with van der Waals surface area (Å²) in [6, 6.07) is 7.39. The molecule has 0 aromatic heterocycles. The van der Waals surface area contributed by atoms with Crippen LogP contribution in [0.5, 0.6) is 0 Å². The Morgan fingerprint density at radius 3 is 1.42 bits per heavy atom. The monoisotopic (exact) mass is 490 g/mol. The first-order chi connectivity index (χ1) is 15.2. The summed E-state index contributed by atoms with van der Waals surface area (Å²) >= 11 is 0. The highest BCUT2D eigenvalue weighted by Crippen LogP contribution is 2.56. The largest absolute Gasteiger partial charge is 0.344 e. The molecule has 180 valence electrons. The zero-order valence-corrected chi connectivity index (χ0v) is 22.8. The van der Waals surface area contributed by atoms with Crippen molar-refractivity contribution in [2.45, 2.75) is 67.5 Å². The van der Waals surface area contributed by atoms with Gasteiger partial charge in [-0.15, -0.1) is 0 Å². The number of hydrogen-bond acceptors (Lipinski definition) is 4. The van der Waals surface area contributed by atoms with Gasteiger partial charge in [0.2, 0.25) is 25.6 Å². The normalized spacial score (nSPS) is 14.6. The van der Waals surface area contributed by atoms with Gasteiger partial charge in [-0.1, -0.05) is 49.2 Å². The van der Waals surface area contributed by atoms with E-state index in [1.807, 2.05) is 38.1 Å². The van der Waals surface area contributed by atoms with Crippen molar-refractivity contribution in [1.29, 1.82) is 0 Å². The second-order valence-corrected chi connectivity index (χ2v) is 15.1. The van der Waals surface area contributed by atoms with Crippen LogP contribution in [0.25, 0.3) is 0 Å². The smallest absolute Gasteiger partial charge is 0.229 e. The average Bonchev–Trinajstić information content (AvgIpc) is 2.69. The molecule has 0 aliphatic heterocycles. The van der Waals surface area contributed by atoms with Gasteiger partial charge in [0, 0.05) is 29.1 Å². The number of benzene rings is 2. The van der Waals surface area contributed by atoms with Crippen molar-refractivity contribution in [2.75, 3.05) is 12.3 Å². The standard InChI is InChI=1S/C26H36O5P2/c1-9-33(30,31)22(8)10-11-32(29,25(27)23-18(4)12-16(2)13-19(23)5)26(28)24-20(6)14-17(3)15-21(24)7/h12-15,22H,9-11H2,1-8H3,(H,30,31). The molecular weight excluding hydrogens is 454 g/mol. The summed E-state index contributed by atoms with van der Waals surface area (Å²) in [5.41, 5.74) is 3.33. The Labute approximate surface area is 197 Å². The van der Waals surface area contributed by atoms with E-state index in [4.69, 9.17) is 0 Å². The third kappa shape index (κ3) is 5.65. The van der Waals surface area contributed by atoms with Crippen LogP contribution in [-0.2, 0) is 9.13 Å². The van der Waals surface area contributed by atoms with Gasteiger partial charge >= 0.3 is 0 Å². The quantitative estimate of drug-likeness (QED) is 0.384. The molecule has 0 radical (unpaired) electrons. The van der Waals surface area contributed by atoms with Crippen molar-refractivity contribution < 1.29 is 23.6 Å². The van der Waals surface area contributed by atoms with E-state index in [0.717, 1.165) is 11.1 Å². The summed E-state index contributed by atoms with van der Waals surface area (Å²) in [4.78, 5) is 37.9. The Bertz CT molecular complexity index is 1080. The molecular formula is C26H36O5P2. The molecule has 2 rings (SSSR count). The molecule has 0 spiro atoms. The van der Waals surface area contributed by atoms with Crippen LogP contribution in [0.2, 0.25) is 0 Å². The highest BCUT2D eigenvalue weighted by molar-refractivity contribution is 7.95. The van der Waals surface area contributed by atoms with Gasteiger partial charge in [-0.2, -0.15) is 0 Å². The SMILES string of the molecule is CCP(=O)(O)C(C)CCP(=O)(C(=O)c1c(C)cc(C)cc1C)C(=O)c1c(C)cc(C)cc1C. The van der Waals surface area contributed by atoms with Crippen LogP contribution < -0.4 is 0 Å². The van der Waals surface area contributed by atoms with E-state index in [1.54, 1.807) is 41.5 Å². The second kappa shape index (κ2) is 10.2. The lowest BCUT2D eigenvalue weighted by Gasteiger charge is -2.23. The fourth-order valence-electron chi connectivity index (χ4n) is 4.57. The Balaban J connectivity index is 2.67. The summed E-state index contributed by atoms with van der Waals surface area (Å²) in [6.45, 7) is 14.2. The maximum atomic E-state index is 14.4. The number of carbonyl (C=O) groups excluding carboxylic acids is 2. The van der Waals surface area contributed by atoms with Crippen LogP contribution in [-0.4, -0.2) is 33.9 Å². The third-order valence-corrected chi connectivity index (χ3v) is 11.6. The first-order valence-corrected chi connectivity index (χ1v) is 15.1. The predicted octanol–water partition coefficient (Wildman–Crippen LogP) is 6.95. The first kappa shape index (κ1) is 27.4. The Hall–Kier alpha value is -1.80. The molecule has 2 unspecified atom stereocenters. The second-order valence-electron chi connectivity index (χ2n) is 9.33. The van der Waals surface area contributed by atoms with E-state index < -0.39 is 31.2 Å². The van der Waals surface area contributed by atoms with E-state index >= 15 is 0 Å². The third-order valence-electron chi connectivity index (χ3n) is 6.44.